The lowest BCUT2D eigenvalue weighted by atomic mass is 10.3. The van der Waals surface area contributed by atoms with Gasteiger partial charge in [-0.1, -0.05) is 12.8 Å². The van der Waals surface area contributed by atoms with Crippen LogP contribution < -0.4 is 11.5 Å². The molecule has 0 bridgehead atoms. The van der Waals surface area contributed by atoms with Crippen LogP contribution in [0.5, 0.6) is 0 Å². The predicted octanol–water partition coefficient (Wildman–Crippen LogP) is -0.770. The van der Waals surface area contributed by atoms with Gasteiger partial charge in [-0.3, -0.25) is 0 Å². The maximum Gasteiger partial charge on any atom is 0.463 e. The summed E-state index contributed by atoms with van der Waals surface area (Å²) in [6, 6.07) is 2.11. The Kier molecular flexibility index (Phi) is 15.1. The quantitative estimate of drug-likeness (QED) is 0.322. The van der Waals surface area contributed by atoms with Crippen LogP contribution in [0.3, 0.4) is 0 Å². The van der Waals surface area contributed by atoms with Crippen LogP contribution in [0.1, 0.15) is 25.7 Å². The van der Waals surface area contributed by atoms with Crippen molar-refractivity contribution < 1.29 is 17.1 Å². The standard InChI is InChI=1S/C10H30N2O4Si3/c1-13-18(10-6-4-8-12)16-19(14-2)15-17-9-5-3-7-11/h18-19H,3-12,17H2,1-2H3. The highest BCUT2D eigenvalue weighted by atomic mass is 28.4. The summed E-state index contributed by atoms with van der Waals surface area (Å²) < 4.78 is 22.4. The molecule has 0 aliphatic carbocycles. The van der Waals surface area contributed by atoms with Crippen molar-refractivity contribution in [3.63, 3.8) is 0 Å². The fourth-order valence-electron chi connectivity index (χ4n) is 1.59. The van der Waals surface area contributed by atoms with Gasteiger partial charge in [0.1, 0.15) is 0 Å². The number of rotatable bonds is 14. The molecule has 0 fully saturated rings. The molecule has 2 unspecified atom stereocenters. The molecule has 4 N–H and O–H groups in total. The van der Waals surface area contributed by atoms with Crippen LogP contribution in [0.2, 0.25) is 12.1 Å². The zero-order chi connectivity index (χ0) is 14.3. The first-order valence-corrected chi connectivity index (χ1v) is 11.8. The van der Waals surface area contributed by atoms with Crippen LogP contribution in [0.25, 0.3) is 0 Å². The molecule has 0 amide bonds. The van der Waals surface area contributed by atoms with Crippen LogP contribution in [0.4, 0.5) is 0 Å². The molecule has 0 spiro atoms. The molecular formula is C10H30N2O4Si3. The minimum absolute atomic E-state index is 0.539. The van der Waals surface area contributed by atoms with E-state index in [1.165, 1.54) is 0 Å². The minimum Gasteiger partial charge on any atom is -0.424 e. The van der Waals surface area contributed by atoms with E-state index in [9.17, 15) is 0 Å². The second kappa shape index (κ2) is 14.8. The summed E-state index contributed by atoms with van der Waals surface area (Å²) in [6.07, 6.45) is 4.30. The smallest absolute Gasteiger partial charge is 0.424 e. The SMILES string of the molecule is CO[SiH](CCCCN)O[SiH](OC)O[SiH2]CCCCN. The molecular weight excluding hydrogens is 296 g/mol. The van der Waals surface area contributed by atoms with E-state index < -0.39 is 28.6 Å². The van der Waals surface area contributed by atoms with E-state index in [-0.39, 0.29) is 0 Å². The molecule has 0 saturated carbocycles. The van der Waals surface area contributed by atoms with Gasteiger partial charge in [0, 0.05) is 14.2 Å². The van der Waals surface area contributed by atoms with Gasteiger partial charge in [-0.2, -0.15) is 0 Å². The second-order valence-corrected chi connectivity index (χ2v) is 10.8. The summed E-state index contributed by atoms with van der Waals surface area (Å²) in [6.45, 7) is 1.48. The molecule has 0 saturated heterocycles. The van der Waals surface area contributed by atoms with Gasteiger partial charge in [-0.15, -0.1) is 0 Å². The molecule has 2 atom stereocenters. The third-order valence-corrected chi connectivity index (χ3v) is 9.43. The molecule has 0 rings (SSSR count). The zero-order valence-corrected chi connectivity index (χ0v) is 16.0. The average molecular weight is 327 g/mol. The van der Waals surface area contributed by atoms with Gasteiger partial charge < -0.3 is 28.5 Å². The van der Waals surface area contributed by atoms with Crippen molar-refractivity contribution in [2.45, 2.75) is 37.8 Å². The van der Waals surface area contributed by atoms with Crippen molar-refractivity contribution in [3.05, 3.63) is 0 Å². The molecule has 9 heteroatoms. The fraction of sp³-hybridized carbons (Fsp3) is 1.00. The van der Waals surface area contributed by atoms with E-state index >= 15 is 0 Å². The third-order valence-electron chi connectivity index (χ3n) is 2.71. The van der Waals surface area contributed by atoms with Crippen molar-refractivity contribution in [1.82, 2.24) is 0 Å². The summed E-state index contributed by atoms with van der Waals surface area (Å²) in [4.78, 5) is 0. The van der Waals surface area contributed by atoms with Gasteiger partial charge in [-0.05, 0) is 38.0 Å². The number of hydrogen-bond donors (Lipinski definition) is 2. The topological polar surface area (TPSA) is 89.0 Å². The Balaban J connectivity index is 3.73. The van der Waals surface area contributed by atoms with Gasteiger partial charge in [-0.25, -0.2) is 0 Å². The molecule has 0 heterocycles. The van der Waals surface area contributed by atoms with Crippen molar-refractivity contribution in [3.8, 4) is 0 Å². The Morgan fingerprint density at radius 2 is 1.63 bits per heavy atom. The lowest BCUT2D eigenvalue weighted by Gasteiger charge is -2.20. The van der Waals surface area contributed by atoms with Crippen LogP contribution in [-0.4, -0.2) is 55.9 Å². The minimum atomic E-state index is -1.96. The van der Waals surface area contributed by atoms with Crippen LogP contribution in [0.15, 0.2) is 0 Å². The largest absolute Gasteiger partial charge is 0.463 e. The molecule has 0 aromatic rings. The van der Waals surface area contributed by atoms with Crippen LogP contribution in [-0.2, 0) is 17.1 Å². The van der Waals surface area contributed by atoms with Crippen molar-refractivity contribution in [2.75, 3.05) is 27.3 Å². The summed E-state index contributed by atoms with van der Waals surface area (Å²) in [5.41, 5.74) is 10.9. The second-order valence-electron chi connectivity index (χ2n) is 4.33. The molecule has 0 aliphatic rings. The maximum atomic E-state index is 5.88. The normalized spacial score (nSPS) is 15.2. The summed E-state index contributed by atoms with van der Waals surface area (Å²) in [5.74, 6) is 0. The van der Waals surface area contributed by atoms with Gasteiger partial charge >= 0.3 is 18.8 Å². The van der Waals surface area contributed by atoms with Crippen molar-refractivity contribution in [1.29, 1.82) is 0 Å². The number of unbranched alkanes of at least 4 members (excludes halogenated alkanes) is 2. The van der Waals surface area contributed by atoms with Crippen LogP contribution >= 0.6 is 0 Å². The van der Waals surface area contributed by atoms with Gasteiger partial charge in [0.2, 0.25) is 0 Å². The van der Waals surface area contributed by atoms with Gasteiger partial charge in [0.05, 0.1) is 0 Å². The summed E-state index contributed by atoms with van der Waals surface area (Å²) in [7, 11) is -0.755. The van der Waals surface area contributed by atoms with Crippen molar-refractivity contribution >= 4 is 28.6 Å². The Morgan fingerprint density at radius 3 is 2.21 bits per heavy atom. The van der Waals surface area contributed by atoms with Crippen LogP contribution in [0, 0.1) is 0 Å². The Labute approximate surface area is 122 Å². The lowest BCUT2D eigenvalue weighted by Crippen LogP contribution is -2.36. The predicted molar refractivity (Wildman–Crippen MR) is 85.2 cm³/mol. The first-order valence-electron chi connectivity index (χ1n) is 7.01. The van der Waals surface area contributed by atoms with Crippen molar-refractivity contribution in [2.24, 2.45) is 11.5 Å². The molecule has 0 aliphatic heterocycles. The Bertz CT molecular complexity index is 194. The molecule has 116 valence electrons. The molecule has 0 aromatic heterocycles. The number of hydrogen-bond acceptors (Lipinski definition) is 6. The van der Waals surface area contributed by atoms with E-state index in [2.05, 4.69) is 0 Å². The molecule has 0 radical (unpaired) electrons. The summed E-state index contributed by atoms with van der Waals surface area (Å²) in [5, 5.41) is 0. The molecule has 6 nitrogen and oxygen atoms in total. The molecule has 19 heavy (non-hydrogen) atoms. The first kappa shape index (κ1) is 19.4. The maximum absolute atomic E-state index is 5.88. The highest BCUT2D eigenvalue weighted by molar-refractivity contribution is 6.59. The average Bonchev–Trinajstić information content (AvgIpc) is 2.44. The zero-order valence-electron chi connectivity index (χ0n) is 12.3. The van der Waals surface area contributed by atoms with E-state index in [1.807, 2.05) is 0 Å². The number of nitrogens with two attached hydrogens (primary N) is 2. The van der Waals surface area contributed by atoms with E-state index in [4.69, 9.17) is 28.5 Å². The highest BCUT2D eigenvalue weighted by Gasteiger charge is 2.21. The van der Waals surface area contributed by atoms with E-state index in [1.54, 1.807) is 14.2 Å². The monoisotopic (exact) mass is 326 g/mol. The molecule has 0 aromatic carbocycles. The Hall–Kier alpha value is 0.411. The van der Waals surface area contributed by atoms with E-state index in [0.717, 1.165) is 50.9 Å². The lowest BCUT2D eigenvalue weighted by molar-refractivity contribution is 0.220. The van der Waals surface area contributed by atoms with Gasteiger partial charge in [0.25, 0.3) is 0 Å². The van der Waals surface area contributed by atoms with Gasteiger partial charge in [0.15, 0.2) is 9.76 Å². The highest BCUT2D eigenvalue weighted by Crippen LogP contribution is 2.06. The van der Waals surface area contributed by atoms with E-state index in [0.29, 0.717) is 0 Å². The third kappa shape index (κ3) is 11.9. The summed E-state index contributed by atoms with van der Waals surface area (Å²) >= 11 is 0. The first-order chi connectivity index (χ1) is 9.28. The Morgan fingerprint density at radius 1 is 0.947 bits per heavy atom. The fourth-order valence-corrected chi connectivity index (χ4v) is 8.43.